The maximum Gasteiger partial charge on any atom is 0.148 e. The molecule has 1 fully saturated rings. The van der Waals surface area contributed by atoms with Gasteiger partial charge in [-0.1, -0.05) is 12.5 Å². The first-order valence-electron chi connectivity index (χ1n) is 5.43. The van der Waals surface area contributed by atoms with Crippen molar-refractivity contribution in [3.63, 3.8) is 0 Å². The summed E-state index contributed by atoms with van der Waals surface area (Å²) in [6, 6.07) is 4.85. The molecule has 3 heteroatoms. The lowest BCUT2D eigenvalue weighted by Gasteiger charge is -2.31. The third kappa shape index (κ3) is 2.06. The summed E-state index contributed by atoms with van der Waals surface area (Å²) >= 11 is 0. The second-order valence-electron chi connectivity index (χ2n) is 4.36. The maximum atomic E-state index is 13.6. The Balaban J connectivity index is 2.12. The molecule has 15 heavy (non-hydrogen) atoms. The second-order valence-corrected chi connectivity index (χ2v) is 4.36. The maximum absolute atomic E-state index is 13.6. The zero-order valence-corrected chi connectivity index (χ0v) is 9.04. The zero-order valence-electron chi connectivity index (χ0n) is 9.04. The second kappa shape index (κ2) is 4.09. The highest BCUT2D eigenvalue weighted by Crippen LogP contribution is 2.31. The number of nitrogens with zero attached hydrogens (tertiary/aromatic N) is 1. The smallest absolute Gasteiger partial charge is 0.148 e. The minimum absolute atomic E-state index is 0.225. The van der Waals surface area contributed by atoms with E-state index in [2.05, 4.69) is 0 Å². The molecule has 0 heterocycles. The van der Waals surface area contributed by atoms with Gasteiger partial charge in [-0.25, -0.2) is 4.39 Å². The van der Waals surface area contributed by atoms with Crippen LogP contribution in [0.3, 0.4) is 0 Å². The molecular weight excluding hydrogens is 191 g/mol. The molecule has 0 spiro atoms. The van der Waals surface area contributed by atoms with E-state index < -0.39 is 0 Å². The van der Waals surface area contributed by atoms with Gasteiger partial charge in [0.15, 0.2) is 0 Å². The van der Waals surface area contributed by atoms with Crippen LogP contribution in [-0.2, 0) is 0 Å². The van der Waals surface area contributed by atoms with Gasteiger partial charge in [0, 0.05) is 13.6 Å². The van der Waals surface area contributed by atoms with Crippen LogP contribution < -0.4 is 10.6 Å². The van der Waals surface area contributed by atoms with E-state index in [0.717, 1.165) is 6.54 Å². The van der Waals surface area contributed by atoms with E-state index in [1.807, 2.05) is 11.9 Å². The molecule has 0 amide bonds. The number of para-hydroxylation sites is 1. The Hall–Kier alpha value is -1.25. The molecule has 0 bridgehead atoms. The predicted octanol–water partition coefficient (Wildman–Crippen LogP) is 2.64. The Morgan fingerprint density at radius 3 is 2.73 bits per heavy atom. The van der Waals surface area contributed by atoms with Crippen molar-refractivity contribution in [1.29, 1.82) is 0 Å². The van der Waals surface area contributed by atoms with E-state index in [9.17, 15) is 4.39 Å². The number of hydrogen-bond donors (Lipinski definition) is 1. The zero-order chi connectivity index (χ0) is 10.8. The summed E-state index contributed by atoms with van der Waals surface area (Å²) in [5, 5.41) is 0. The first kappa shape index (κ1) is 10.3. The van der Waals surface area contributed by atoms with Crippen LogP contribution in [-0.4, -0.2) is 13.6 Å². The van der Waals surface area contributed by atoms with Crippen LogP contribution in [0.2, 0.25) is 0 Å². The number of rotatable bonds is 3. The largest absolute Gasteiger partial charge is 0.397 e. The topological polar surface area (TPSA) is 29.3 Å². The fourth-order valence-electron chi connectivity index (χ4n) is 2.09. The van der Waals surface area contributed by atoms with Crippen LogP contribution >= 0.6 is 0 Å². The van der Waals surface area contributed by atoms with Crippen LogP contribution in [0.4, 0.5) is 15.8 Å². The quantitative estimate of drug-likeness (QED) is 0.774. The average Bonchev–Trinajstić information content (AvgIpc) is 2.11. The van der Waals surface area contributed by atoms with E-state index in [0.29, 0.717) is 17.3 Å². The molecule has 0 saturated heterocycles. The number of hydrogen-bond acceptors (Lipinski definition) is 2. The molecule has 2 rings (SSSR count). The van der Waals surface area contributed by atoms with Gasteiger partial charge >= 0.3 is 0 Å². The van der Waals surface area contributed by atoms with Crippen LogP contribution in [0, 0.1) is 11.7 Å². The van der Waals surface area contributed by atoms with Gasteiger partial charge in [0.1, 0.15) is 5.82 Å². The number of halogens is 1. The molecule has 1 aromatic rings. The standard InChI is InChI=1S/C12H17FN2/c1-15(8-9-4-2-5-9)12-10(13)6-3-7-11(12)14/h3,6-7,9H,2,4-5,8,14H2,1H3. The van der Waals surface area contributed by atoms with E-state index in [1.54, 1.807) is 12.1 Å². The van der Waals surface area contributed by atoms with Crippen molar-refractivity contribution in [2.45, 2.75) is 19.3 Å². The molecule has 1 aliphatic carbocycles. The van der Waals surface area contributed by atoms with Gasteiger partial charge < -0.3 is 10.6 Å². The number of nitrogens with two attached hydrogens (primary N) is 1. The highest BCUT2D eigenvalue weighted by atomic mass is 19.1. The number of nitrogen functional groups attached to an aromatic ring is 1. The van der Waals surface area contributed by atoms with Crippen molar-refractivity contribution < 1.29 is 4.39 Å². The molecule has 0 aromatic heterocycles. The SMILES string of the molecule is CN(CC1CCC1)c1c(N)cccc1F. The minimum Gasteiger partial charge on any atom is -0.397 e. The van der Waals surface area contributed by atoms with E-state index in [1.165, 1.54) is 25.3 Å². The molecule has 1 saturated carbocycles. The third-order valence-corrected chi connectivity index (χ3v) is 3.16. The number of benzene rings is 1. The summed E-state index contributed by atoms with van der Waals surface area (Å²) in [6.45, 7) is 0.908. The van der Waals surface area contributed by atoms with Gasteiger partial charge in [0.2, 0.25) is 0 Å². The molecule has 0 radical (unpaired) electrons. The lowest BCUT2D eigenvalue weighted by molar-refractivity contribution is 0.321. The summed E-state index contributed by atoms with van der Waals surface area (Å²) < 4.78 is 13.6. The van der Waals surface area contributed by atoms with Crippen molar-refractivity contribution in [3.8, 4) is 0 Å². The monoisotopic (exact) mass is 208 g/mol. The molecular formula is C12H17FN2. The number of anilines is 2. The Morgan fingerprint density at radius 2 is 2.20 bits per heavy atom. The van der Waals surface area contributed by atoms with Gasteiger partial charge in [-0.15, -0.1) is 0 Å². The van der Waals surface area contributed by atoms with Gasteiger partial charge in [0.05, 0.1) is 11.4 Å². The lowest BCUT2D eigenvalue weighted by Crippen LogP contribution is -2.30. The molecule has 2 nitrogen and oxygen atoms in total. The summed E-state index contributed by atoms with van der Waals surface area (Å²) in [5.74, 6) is 0.492. The van der Waals surface area contributed by atoms with Crippen LogP contribution in [0.1, 0.15) is 19.3 Å². The van der Waals surface area contributed by atoms with Gasteiger partial charge in [-0.05, 0) is 30.9 Å². The van der Waals surface area contributed by atoms with Crippen LogP contribution in [0.25, 0.3) is 0 Å². The molecule has 2 N–H and O–H groups in total. The molecule has 1 aliphatic rings. The Morgan fingerprint density at radius 1 is 1.47 bits per heavy atom. The van der Waals surface area contributed by atoms with E-state index >= 15 is 0 Å². The van der Waals surface area contributed by atoms with E-state index in [-0.39, 0.29) is 5.82 Å². The first-order valence-corrected chi connectivity index (χ1v) is 5.43. The highest BCUT2D eigenvalue weighted by Gasteiger charge is 2.21. The molecule has 0 aliphatic heterocycles. The summed E-state index contributed by atoms with van der Waals surface area (Å²) in [4.78, 5) is 1.94. The van der Waals surface area contributed by atoms with Gasteiger partial charge in [-0.3, -0.25) is 0 Å². The molecule has 0 unspecified atom stereocenters. The van der Waals surface area contributed by atoms with Gasteiger partial charge in [-0.2, -0.15) is 0 Å². The summed E-state index contributed by atoms with van der Waals surface area (Å²) in [6.07, 6.45) is 3.84. The van der Waals surface area contributed by atoms with Gasteiger partial charge in [0.25, 0.3) is 0 Å². The fourth-order valence-corrected chi connectivity index (χ4v) is 2.09. The molecule has 0 atom stereocenters. The molecule has 1 aromatic carbocycles. The first-order chi connectivity index (χ1) is 7.18. The normalized spacial score (nSPS) is 16.1. The van der Waals surface area contributed by atoms with E-state index in [4.69, 9.17) is 5.73 Å². The van der Waals surface area contributed by atoms with Crippen molar-refractivity contribution in [2.24, 2.45) is 5.92 Å². The minimum atomic E-state index is -0.225. The molecule has 82 valence electrons. The van der Waals surface area contributed by atoms with Crippen LogP contribution in [0.5, 0.6) is 0 Å². The Labute approximate surface area is 89.9 Å². The van der Waals surface area contributed by atoms with Crippen molar-refractivity contribution >= 4 is 11.4 Å². The highest BCUT2D eigenvalue weighted by molar-refractivity contribution is 5.67. The van der Waals surface area contributed by atoms with Crippen molar-refractivity contribution in [2.75, 3.05) is 24.2 Å². The summed E-state index contributed by atoms with van der Waals surface area (Å²) in [5.41, 5.74) is 6.85. The third-order valence-electron chi connectivity index (χ3n) is 3.16. The Bertz CT molecular complexity index is 327. The summed E-state index contributed by atoms with van der Waals surface area (Å²) in [7, 11) is 1.91. The predicted molar refractivity (Wildman–Crippen MR) is 61.4 cm³/mol. The van der Waals surface area contributed by atoms with Crippen LogP contribution in [0.15, 0.2) is 18.2 Å². The lowest BCUT2D eigenvalue weighted by atomic mass is 9.85. The fraction of sp³-hybridized carbons (Fsp3) is 0.500. The Kier molecular flexibility index (Phi) is 2.80. The van der Waals surface area contributed by atoms with Crippen molar-refractivity contribution in [1.82, 2.24) is 0 Å². The van der Waals surface area contributed by atoms with Crippen molar-refractivity contribution in [3.05, 3.63) is 24.0 Å². The average molecular weight is 208 g/mol.